The lowest BCUT2D eigenvalue weighted by Gasteiger charge is -1.98. The third-order valence-corrected chi connectivity index (χ3v) is 2.03. The lowest BCUT2D eigenvalue weighted by molar-refractivity contribution is 0.0987. The minimum atomic E-state index is -0.759. The van der Waals surface area contributed by atoms with Crippen LogP contribution in [0.4, 0.5) is 5.69 Å². The van der Waals surface area contributed by atoms with Gasteiger partial charge in [-0.15, -0.1) is 0 Å². The molecule has 2 rings (SSSR count). The first-order valence-electron chi connectivity index (χ1n) is 4.26. The number of rotatable bonds is 2. The van der Waals surface area contributed by atoms with E-state index in [1.165, 1.54) is 0 Å². The van der Waals surface area contributed by atoms with E-state index >= 15 is 0 Å². The summed E-state index contributed by atoms with van der Waals surface area (Å²) in [6.07, 6.45) is 0. The van der Waals surface area contributed by atoms with Crippen LogP contribution in [0, 0.1) is 0 Å². The molecule has 0 spiro atoms. The Bertz CT molecular complexity index is 532. The second-order valence-corrected chi connectivity index (χ2v) is 3.50. The predicted molar refractivity (Wildman–Crippen MR) is 57.7 cm³/mol. The Morgan fingerprint density at radius 3 is 2.69 bits per heavy atom. The number of carbonyl (C=O) groups is 1. The Balaban J connectivity index is 2.46. The monoisotopic (exact) mass is 238 g/mol. The number of nitrogen functional groups attached to an aromatic ring is 1. The largest absolute Gasteiger partial charge is 0.399 e. The molecule has 0 saturated heterocycles. The number of nitrogens with zero attached hydrogens (tertiary/aromatic N) is 2. The minimum Gasteiger partial charge on any atom is -0.399 e. The molecule has 1 aromatic heterocycles. The molecule has 0 aliphatic carbocycles. The molecule has 1 amide bonds. The Labute approximate surface area is 95.2 Å². The van der Waals surface area contributed by atoms with Gasteiger partial charge >= 0.3 is 0 Å². The van der Waals surface area contributed by atoms with Crippen LogP contribution in [0.25, 0.3) is 11.5 Å². The van der Waals surface area contributed by atoms with Crippen molar-refractivity contribution < 1.29 is 9.32 Å². The molecular weight excluding hydrogens is 232 g/mol. The van der Waals surface area contributed by atoms with Gasteiger partial charge in [0.05, 0.1) is 0 Å². The molecule has 1 heterocycles. The summed E-state index contributed by atoms with van der Waals surface area (Å²) in [6, 6.07) is 4.77. The van der Waals surface area contributed by atoms with Crippen molar-refractivity contribution in [2.24, 2.45) is 5.73 Å². The number of aromatic nitrogens is 2. The number of hydrogen-bond acceptors (Lipinski definition) is 5. The molecule has 0 bridgehead atoms. The number of carbonyl (C=O) groups excluding carboxylic acids is 1. The van der Waals surface area contributed by atoms with Gasteiger partial charge in [0.2, 0.25) is 0 Å². The maximum atomic E-state index is 10.8. The summed E-state index contributed by atoms with van der Waals surface area (Å²) in [6.45, 7) is 0. The van der Waals surface area contributed by atoms with Gasteiger partial charge in [-0.2, -0.15) is 4.98 Å². The summed E-state index contributed by atoms with van der Waals surface area (Å²) in [4.78, 5) is 14.6. The quantitative estimate of drug-likeness (QED) is 0.761. The van der Waals surface area contributed by atoms with Crippen molar-refractivity contribution >= 4 is 23.2 Å². The first-order chi connectivity index (χ1) is 7.56. The summed E-state index contributed by atoms with van der Waals surface area (Å²) >= 11 is 5.81. The smallest absolute Gasteiger partial charge is 0.290 e. The highest BCUT2D eigenvalue weighted by Gasteiger charge is 2.13. The van der Waals surface area contributed by atoms with E-state index in [9.17, 15) is 4.79 Å². The van der Waals surface area contributed by atoms with E-state index in [0.29, 0.717) is 16.3 Å². The molecule has 0 fully saturated rings. The van der Waals surface area contributed by atoms with Gasteiger partial charge in [0, 0.05) is 16.3 Å². The third-order valence-electron chi connectivity index (χ3n) is 1.81. The number of halogens is 1. The van der Waals surface area contributed by atoms with Crippen molar-refractivity contribution in [3.8, 4) is 11.5 Å². The fourth-order valence-electron chi connectivity index (χ4n) is 1.18. The molecule has 4 N–H and O–H groups in total. The van der Waals surface area contributed by atoms with Gasteiger partial charge in [0.1, 0.15) is 0 Å². The van der Waals surface area contributed by atoms with Crippen LogP contribution in [0.3, 0.4) is 0 Å². The number of hydrogen-bond donors (Lipinski definition) is 2. The van der Waals surface area contributed by atoms with Gasteiger partial charge in [-0.3, -0.25) is 4.79 Å². The molecule has 1 aromatic carbocycles. The first kappa shape index (κ1) is 10.4. The van der Waals surface area contributed by atoms with Crippen molar-refractivity contribution in [2.75, 3.05) is 5.73 Å². The van der Waals surface area contributed by atoms with Crippen molar-refractivity contribution in [3.63, 3.8) is 0 Å². The number of anilines is 1. The molecule has 6 nitrogen and oxygen atoms in total. The molecule has 0 atom stereocenters. The molecule has 0 aliphatic heterocycles. The predicted octanol–water partition coefficient (Wildman–Crippen LogP) is 1.07. The van der Waals surface area contributed by atoms with E-state index in [-0.39, 0.29) is 11.7 Å². The van der Waals surface area contributed by atoms with Gasteiger partial charge in [-0.05, 0) is 18.2 Å². The molecule has 7 heteroatoms. The SMILES string of the molecule is NC(=O)c1noc(-c2cc(N)cc(Cl)c2)n1. The standard InChI is InChI=1S/C9H7ClN4O2/c10-5-1-4(2-6(11)3-5)9-13-8(7(12)15)14-16-9/h1-3H,11H2,(H2,12,15). The highest BCUT2D eigenvalue weighted by Crippen LogP contribution is 2.24. The summed E-state index contributed by atoms with van der Waals surface area (Å²) in [5, 5.41) is 3.85. The van der Waals surface area contributed by atoms with E-state index in [4.69, 9.17) is 27.6 Å². The highest BCUT2D eigenvalue weighted by molar-refractivity contribution is 6.31. The lowest BCUT2D eigenvalue weighted by Crippen LogP contribution is -2.12. The Morgan fingerprint density at radius 1 is 1.38 bits per heavy atom. The normalized spacial score (nSPS) is 10.3. The van der Waals surface area contributed by atoms with E-state index in [1.54, 1.807) is 18.2 Å². The van der Waals surface area contributed by atoms with Crippen molar-refractivity contribution in [3.05, 3.63) is 29.0 Å². The van der Waals surface area contributed by atoms with Gasteiger partial charge in [-0.1, -0.05) is 16.8 Å². The maximum absolute atomic E-state index is 10.8. The molecule has 0 saturated carbocycles. The van der Waals surface area contributed by atoms with E-state index in [2.05, 4.69) is 10.1 Å². The summed E-state index contributed by atoms with van der Waals surface area (Å²) < 4.78 is 4.85. The molecule has 0 radical (unpaired) electrons. The van der Waals surface area contributed by atoms with E-state index in [1.807, 2.05) is 0 Å². The van der Waals surface area contributed by atoms with Crippen LogP contribution >= 0.6 is 11.6 Å². The minimum absolute atomic E-state index is 0.142. The third kappa shape index (κ3) is 1.96. The molecule has 0 unspecified atom stereocenters. The van der Waals surface area contributed by atoms with Crippen LogP contribution in [0.5, 0.6) is 0 Å². The fourth-order valence-corrected chi connectivity index (χ4v) is 1.42. The molecular formula is C9H7ClN4O2. The average Bonchev–Trinajstić information content (AvgIpc) is 2.64. The van der Waals surface area contributed by atoms with Crippen LogP contribution in [0.15, 0.2) is 22.7 Å². The van der Waals surface area contributed by atoms with Crippen LogP contribution < -0.4 is 11.5 Å². The zero-order chi connectivity index (χ0) is 11.7. The van der Waals surface area contributed by atoms with Gasteiger partial charge in [-0.25, -0.2) is 0 Å². The zero-order valence-corrected chi connectivity index (χ0v) is 8.73. The molecule has 2 aromatic rings. The summed E-state index contributed by atoms with van der Waals surface area (Å²) in [5.74, 6) is -0.804. The number of primary amides is 1. The van der Waals surface area contributed by atoms with Crippen molar-refractivity contribution in [1.29, 1.82) is 0 Å². The van der Waals surface area contributed by atoms with Crippen LogP contribution in [0.2, 0.25) is 5.02 Å². The van der Waals surface area contributed by atoms with Gasteiger partial charge in [0.25, 0.3) is 17.6 Å². The van der Waals surface area contributed by atoms with E-state index in [0.717, 1.165) is 0 Å². The molecule has 0 aliphatic rings. The van der Waals surface area contributed by atoms with Gasteiger partial charge in [0.15, 0.2) is 0 Å². The fraction of sp³-hybridized carbons (Fsp3) is 0. The van der Waals surface area contributed by atoms with Crippen LogP contribution in [-0.4, -0.2) is 16.0 Å². The topological polar surface area (TPSA) is 108 Å². The zero-order valence-electron chi connectivity index (χ0n) is 7.98. The van der Waals surface area contributed by atoms with Crippen molar-refractivity contribution in [2.45, 2.75) is 0 Å². The van der Waals surface area contributed by atoms with Crippen LogP contribution in [0.1, 0.15) is 10.6 Å². The first-order valence-corrected chi connectivity index (χ1v) is 4.64. The molecule has 16 heavy (non-hydrogen) atoms. The number of amides is 1. The number of nitrogens with two attached hydrogens (primary N) is 2. The molecule has 82 valence electrons. The Morgan fingerprint density at radius 2 is 2.12 bits per heavy atom. The Hall–Kier alpha value is -2.08. The number of benzene rings is 1. The maximum Gasteiger partial charge on any atom is 0.290 e. The summed E-state index contributed by atoms with van der Waals surface area (Å²) in [5.41, 5.74) is 11.6. The second-order valence-electron chi connectivity index (χ2n) is 3.06. The van der Waals surface area contributed by atoms with E-state index < -0.39 is 5.91 Å². The lowest BCUT2D eigenvalue weighted by atomic mass is 10.2. The highest BCUT2D eigenvalue weighted by atomic mass is 35.5. The second kappa shape index (κ2) is 3.82. The van der Waals surface area contributed by atoms with Crippen LogP contribution in [-0.2, 0) is 0 Å². The Kier molecular flexibility index (Phi) is 2.49. The van der Waals surface area contributed by atoms with Crippen molar-refractivity contribution in [1.82, 2.24) is 10.1 Å². The summed E-state index contributed by atoms with van der Waals surface area (Å²) in [7, 11) is 0. The van der Waals surface area contributed by atoms with Gasteiger partial charge < -0.3 is 16.0 Å². The average molecular weight is 239 g/mol.